The summed E-state index contributed by atoms with van der Waals surface area (Å²) in [6, 6.07) is 6.26. The van der Waals surface area contributed by atoms with E-state index in [1.807, 2.05) is 6.07 Å². The lowest BCUT2D eigenvalue weighted by Crippen LogP contribution is -2.42. The molecule has 3 heteroatoms. The third kappa shape index (κ3) is 3.85. The van der Waals surface area contributed by atoms with Crippen LogP contribution in [-0.4, -0.2) is 18.1 Å². The number of carbonyl (C=O) groups excluding carboxylic acids is 1. The van der Waals surface area contributed by atoms with Crippen LogP contribution in [0, 0.1) is 17.8 Å². The van der Waals surface area contributed by atoms with Gasteiger partial charge in [0.05, 0.1) is 7.11 Å². The first-order valence-corrected chi connectivity index (χ1v) is 10.9. The zero-order valence-corrected chi connectivity index (χ0v) is 18.2. The molecule has 1 atom stereocenters. The van der Waals surface area contributed by atoms with E-state index >= 15 is 0 Å². The highest BCUT2D eigenvalue weighted by atomic mass is 16.7. The van der Waals surface area contributed by atoms with E-state index in [1.165, 1.54) is 37.7 Å². The molecule has 0 aromatic heterocycles. The van der Waals surface area contributed by atoms with Crippen molar-refractivity contribution >= 4 is 5.91 Å². The monoisotopic (exact) mass is 381 g/mol. The first-order valence-electron chi connectivity index (χ1n) is 10.9. The zero-order chi connectivity index (χ0) is 20.4. The van der Waals surface area contributed by atoms with Crippen LogP contribution in [0.5, 0.6) is 0 Å². The smallest absolute Gasteiger partial charge is 0.272 e. The minimum absolute atomic E-state index is 0.0197. The van der Waals surface area contributed by atoms with E-state index in [0.29, 0.717) is 5.92 Å². The number of rotatable bonds is 4. The van der Waals surface area contributed by atoms with Gasteiger partial charge in [0.15, 0.2) is 5.54 Å². The van der Waals surface area contributed by atoms with Crippen molar-refractivity contribution < 1.29 is 9.63 Å². The summed E-state index contributed by atoms with van der Waals surface area (Å²) in [7, 11) is 1.59. The topological polar surface area (TPSA) is 29.5 Å². The van der Waals surface area contributed by atoms with Crippen LogP contribution in [0.15, 0.2) is 18.2 Å². The first-order chi connectivity index (χ1) is 13.3. The van der Waals surface area contributed by atoms with Crippen molar-refractivity contribution in [3.63, 3.8) is 0 Å². The lowest BCUT2D eigenvalue weighted by Gasteiger charge is -2.33. The Labute approximate surface area is 170 Å². The Bertz CT molecular complexity index is 774. The van der Waals surface area contributed by atoms with Crippen molar-refractivity contribution in [3.05, 3.63) is 34.9 Å². The summed E-state index contributed by atoms with van der Waals surface area (Å²) in [6.07, 6.45) is 9.07. The number of fused-ring (bicyclic) bond motifs is 1. The van der Waals surface area contributed by atoms with Crippen molar-refractivity contribution in [2.24, 2.45) is 5.92 Å². The number of nitrogens with zero attached hydrogens (tertiary/aromatic N) is 1. The summed E-state index contributed by atoms with van der Waals surface area (Å²) >= 11 is 0. The van der Waals surface area contributed by atoms with Crippen molar-refractivity contribution in [2.75, 3.05) is 7.11 Å². The van der Waals surface area contributed by atoms with Gasteiger partial charge in [-0.3, -0.25) is 9.63 Å². The number of unbranched alkanes of at least 4 members (excludes halogenated alkanes) is 1. The normalized spacial score (nSPS) is 22.8. The fourth-order valence-electron chi connectivity index (χ4n) is 4.49. The molecule has 0 saturated heterocycles. The Hall–Kier alpha value is -1.79. The lowest BCUT2D eigenvalue weighted by molar-refractivity contribution is -0.143. The Morgan fingerprint density at radius 3 is 2.54 bits per heavy atom. The van der Waals surface area contributed by atoms with E-state index in [1.54, 1.807) is 12.2 Å². The van der Waals surface area contributed by atoms with Crippen LogP contribution in [0.2, 0.25) is 0 Å². The van der Waals surface area contributed by atoms with Crippen LogP contribution < -0.4 is 0 Å². The molecule has 0 radical (unpaired) electrons. The molecular weight excluding hydrogens is 346 g/mol. The van der Waals surface area contributed by atoms with Crippen LogP contribution in [-0.2, 0) is 15.8 Å². The summed E-state index contributed by atoms with van der Waals surface area (Å²) in [5.74, 6) is 7.55. The zero-order valence-electron chi connectivity index (χ0n) is 18.2. The number of hydrogen-bond donors (Lipinski definition) is 0. The Kier molecular flexibility index (Phi) is 6.20. The molecule has 1 saturated carbocycles. The molecule has 3 nitrogen and oxygen atoms in total. The molecule has 2 aliphatic rings. The van der Waals surface area contributed by atoms with Gasteiger partial charge in [-0.2, -0.15) is 5.06 Å². The molecule has 0 bridgehead atoms. The summed E-state index contributed by atoms with van der Waals surface area (Å²) in [4.78, 5) is 18.8. The largest absolute Gasteiger partial charge is 0.279 e. The number of amides is 1. The molecule has 0 spiro atoms. The molecule has 0 N–H and O–H groups in total. The van der Waals surface area contributed by atoms with E-state index < -0.39 is 5.54 Å². The van der Waals surface area contributed by atoms with Gasteiger partial charge in [-0.1, -0.05) is 77.4 Å². The van der Waals surface area contributed by atoms with Gasteiger partial charge >= 0.3 is 0 Å². The lowest BCUT2D eigenvalue weighted by atomic mass is 9.79. The van der Waals surface area contributed by atoms with Gasteiger partial charge in [0.1, 0.15) is 0 Å². The quantitative estimate of drug-likeness (QED) is 0.601. The minimum atomic E-state index is -0.671. The second kappa shape index (κ2) is 8.29. The Morgan fingerprint density at radius 1 is 1.21 bits per heavy atom. The van der Waals surface area contributed by atoms with E-state index in [0.717, 1.165) is 30.4 Å². The molecular formula is C25H35NO2. The molecule has 1 aliphatic carbocycles. The van der Waals surface area contributed by atoms with Crippen LogP contribution in [0.3, 0.4) is 0 Å². The molecule has 3 rings (SSSR count). The van der Waals surface area contributed by atoms with E-state index in [-0.39, 0.29) is 11.3 Å². The molecule has 1 unspecified atom stereocenters. The summed E-state index contributed by atoms with van der Waals surface area (Å²) in [6.45, 7) is 8.81. The molecule has 28 heavy (non-hydrogen) atoms. The average Bonchev–Trinajstić information content (AvgIpc) is 2.92. The predicted octanol–water partition coefficient (Wildman–Crippen LogP) is 5.97. The van der Waals surface area contributed by atoms with Crippen LogP contribution in [0.1, 0.15) is 101 Å². The fourth-order valence-corrected chi connectivity index (χ4v) is 4.49. The standard InChI is InChI=1S/C25H35NO2/c1-6-7-16-25(17-15-19-11-9-8-10-12-19)22-18-20(24(2,3)4)13-14-21(22)23(27)26(25)28-5/h13-14,18-19H,6-12,16H2,1-5H3. The predicted molar refractivity (Wildman–Crippen MR) is 114 cm³/mol. The maximum absolute atomic E-state index is 13.2. The van der Waals surface area contributed by atoms with Gasteiger partial charge in [0, 0.05) is 17.0 Å². The first kappa shape index (κ1) is 20.9. The maximum Gasteiger partial charge on any atom is 0.279 e. The molecule has 1 fully saturated rings. The third-order valence-electron chi connectivity index (χ3n) is 6.26. The highest BCUT2D eigenvalue weighted by Crippen LogP contribution is 2.44. The second-order valence-corrected chi connectivity index (χ2v) is 9.36. The van der Waals surface area contributed by atoms with Gasteiger partial charge in [-0.05, 0) is 42.7 Å². The van der Waals surface area contributed by atoms with Gasteiger partial charge < -0.3 is 0 Å². The SMILES string of the molecule is CCCCC1(C#CC2CCCCC2)c2cc(C(C)(C)C)ccc2C(=O)N1OC. The maximum atomic E-state index is 13.2. The molecule has 1 heterocycles. The molecule has 152 valence electrons. The van der Waals surface area contributed by atoms with Crippen LogP contribution in [0.4, 0.5) is 0 Å². The third-order valence-corrected chi connectivity index (χ3v) is 6.26. The van der Waals surface area contributed by atoms with E-state index in [9.17, 15) is 4.79 Å². The van der Waals surface area contributed by atoms with Crippen molar-refractivity contribution in [3.8, 4) is 11.8 Å². The van der Waals surface area contributed by atoms with E-state index in [2.05, 4.69) is 51.7 Å². The van der Waals surface area contributed by atoms with Crippen molar-refractivity contribution in [2.45, 2.75) is 90.0 Å². The summed E-state index contributed by atoms with van der Waals surface area (Å²) < 4.78 is 0. The van der Waals surface area contributed by atoms with Crippen LogP contribution >= 0.6 is 0 Å². The number of hydroxylamine groups is 2. The van der Waals surface area contributed by atoms with Gasteiger partial charge in [-0.25, -0.2) is 0 Å². The van der Waals surface area contributed by atoms with Gasteiger partial charge in [0.25, 0.3) is 5.91 Å². The number of hydrogen-bond acceptors (Lipinski definition) is 2. The fraction of sp³-hybridized carbons (Fsp3) is 0.640. The molecule has 1 amide bonds. The highest BCUT2D eigenvalue weighted by Gasteiger charge is 2.50. The van der Waals surface area contributed by atoms with Gasteiger partial charge in [-0.15, -0.1) is 0 Å². The Balaban J connectivity index is 2.13. The average molecular weight is 382 g/mol. The molecule has 1 aromatic rings. The number of benzene rings is 1. The van der Waals surface area contributed by atoms with E-state index in [4.69, 9.17) is 4.84 Å². The molecule has 1 aliphatic heterocycles. The van der Waals surface area contributed by atoms with Gasteiger partial charge in [0.2, 0.25) is 0 Å². The minimum Gasteiger partial charge on any atom is -0.272 e. The summed E-state index contributed by atoms with van der Waals surface area (Å²) in [5, 5.41) is 1.55. The highest BCUT2D eigenvalue weighted by molar-refractivity contribution is 6.00. The summed E-state index contributed by atoms with van der Waals surface area (Å²) in [5.41, 5.74) is 2.35. The number of carbonyl (C=O) groups is 1. The Morgan fingerprint density at radius 2 is 1.93 bits per heavy atom. The van der Waals surface area contributed by atoms with Crippen molar-refractivity contribution in [1.29, 1.82) is 0 Å². The van der Waals surface area contributed by atoms with Crippen molar-refractivity contribution in [1.82, 2.24) is 5.06 Å². The van der Waals surface area contributed by atoms with Crippen LogP contribution in [0.25, 0.3) is 0 Å². The second-order valence-electron chi connectivity index (χ2n) is 9.36. The molecule has 1 aromatic carbocycles.